The highest BCUT2D eigenvalue weighted by atomic mass is 79.9. The van der Waals surface area contributed by atoms with E-state index in [0.29, 0.717) is 5.69 Å². The maximum absolute atomic E-state index is 12.3. The second kappa shape index (κ2) is 6.09. The minimum Gasteiger partial charge on any atom is -0.399 e. The molecule has 0 radical (unpaired) electrons. The molecular formula is C16H17BrN2O. The molecule has 20 heavy (non-hydrogen) atoms. The molecule has 2 rings (SSSR count). The highest BCUT2D eigenvalue weighted by molar-refractivity contribution is 9.10. The summed E-state index contributed by atoms with van der Waals surface area (Å²) in [5, 5.41) is 2.94. The normalized spacial score (nSPS) is 11.9. The molecule has 0 aromatic heterocycles. The molecular weight excluding hydrogens is 316 g/mol. The predicted molar refractivity (Wildman–Crippen MR) is 86.8 cm³/mol. The second-order valence-electron chi connectivity index (χ2n) is 4.86. The number of halogens is 1. The first kappa shape index (κ1) is 14.6. The van der Waals surface area contributed by atoms with Gasteiger partial charge in [0.1, 0.15) is 0 Å². The van der Waals surface area contributed by atoms with Gasteiger partial charge in [-0.2, -0.15) is 0 Å². The van der Waals surface area contributed by atoms with Gasteiger partial charge >= 0.3 is 0 Å². The van der Waals surface area contributed by atoms with Crippen LogP contribution < -0.4 is 11.1 Å². The first-order valence-electron chi connectivity index (χ1n) is 6.40. The molecule has 3 nitrogen and oxygen atoms in total. The summed E-state index contributed by atoms with van der Waals surface area (Å²) in [5.41, 5.74) is 9.21. The zero-order valence-electron chi connectivity index (χ0n) is 11.5. The maximum atomic E-state index is 12.3. The number of nitrogen functional groups attached to an aromatic ring is 1. The predicted octanol–water partition coefficient (Wildman–Crippen LogP) is 4.08. The molecule has 4 heteroatoms. The van der Waals surface area contributed by atoms with E-state index < -0.39 is 0 Å². The number of anilines is 2. The average Bonchev–Trinajstić information content (AvgIpc) is 2.42. The molecule has 0 aliphatic carbocycles. The molecule has 1 atom stereocenters. The van der Waals surface area contributed by atoms with E-state index >= 15 is 0 Å². The van der Waals surface area contributed by atoms with Gasteiger partial charge in [-0.3, -0.25) is 4.79 Å². The number of aryl methyl sites for hydroxylation is 1. The maximum Gasteiger partial charge on any atom is 0.231 e. The summed E-state index contributed by atoms with van der Waals surface area (Å²) in [5.74, 6) is -0.312. The first-order valence-corrected chi connectivity index (χ1v) is 7.19. The van der Waals surface area contributed by atoms with Crippen LogP contribution in [0, 0.1) is 6.92 Å². The van der Waals surface area contributed by atoms with E-state index in [1.807, 2.05) is 56.3 Å². The molecule has 2 aromatic rings. The molecule has 1 unspecified atom stereocenters. The molecule has 0 spiro atoms. The van der Waals surface area contributed by atoms with Crippen LogP contribution in [-0.2, 0) is 4.79 Å². The summed E-state index contributed by atoms with van der Waals surface area (Å²) in [6.07, 6.45) is 0. The highest BCUT2D eigenvalue weighted by Crippen LogP contribution is 2.26. The molecule has 104 valence electrons. The van der Waals surface area contributed by atoms with Crippen molar-refractivity contribution in [2.45, 2.75) is 19.8 Å². The quantitative estimate of drug-likeness (QED) is 0.832. The minimum absolute atomic E-state index is 0.0538. The van der Waals surface area contributed by atoms with Crippen LogP contribution in [0.1, 0.15) is 24.0 Å². The van der Waals surface area contributed by atoms with Gasteiger partial charge in [0.05, 0.1) is 11.6 Å². The van der Waals surface area contributed by atoms with Crippen LogP contribution in [0.3, 0.4) is 0 Å². The molecule has 0 saturated heterocycles. The van der Waals surface area contributed by atoms with E-state index in [1.54, 1.807) is 0 Å². The van der Waals surface area contributed by atoms with E-state index in [1.165, 1.54) is 0 Å². The van der Waals surface area contributed by atoms with E-state index in [4.69, 9.17) is 5.73 Å². The number of carbonyl (C=O) groups is 1. The van der Waals surface area contributed by atoms with Gasteiger partial charge < -0.3 is 11.1 Å². The van der Waals surface area contributed by atoms with Gasteiger partial charge in [0.15, 0.2) is 0 Å². The Labute approximate surface area is 127 Å². The lowest BCUT2D eigenvalue weighted by Crippen LogP contribution is -2.19. The third kappa shape index (κ3) is 3.39. The van der Waals surface area contributed by atoms with E-state index in [9.17, 15) is 4.79 Å². The van der Waals surface area contributed by atoms with Gasteiger partial charge in [0.2, 0.25) is 5.91 Å². The van der Waals surface area contributed by atoms with Crippen molar-refractivity contribution in [1.29, 1.82) is 0 Å². The first-order chi connectivity index (χ1) is 9.47. The minimum atomic E-state index is -0.258. The van der Waals surface area contributed by atoms with Crippen LogP contribution in [0.15, 0.2) is 46.9 Å². The molecule has 0 aliphatic heterocycles. The van der Waals surface area contributed by atoms with Crippen molar-refractivity contribution in [2.24, 2.45) is 0 Å². The number of nitrogens with one attached hydrogen (secondary N) is 1. The number of amides is 1. The van der Waals surface area contributed by atoms with Crippen LogP contribution in [0.25, 0.3) is 0 Å². The lowest BCUT2D eigenvalue weighted by molar-refractivity contribution is -0.117. The van der Waals surface area contributed by atoms with Crippen molar-refractivity contribution in [1.82, 2.24) is 0 Å². The Kier molecular flexibility index (Phi) is 4.45. The lowest BCUT2D eigenvalue weighted by atomic mass is 9.99. The topological polar surface area (TPSA) is 55.1 Å². The highest BCUT2D eigenvalue weighted by Gasteiger charge is 2.16. The number of hydrogen-bond donors (Lipinski definition) is 2. The molecule has 1 amide bonds. The fraction of sp³-hybridized carbons (Fsp3) is 0.188. The average molecular weight is 333 g/mol. The van der Waals surface area contributed by atoms with Crippen molar-refractivity contribution < 1.29 is 4.79 Å². The van der Waals surface area contributed by atoms with Gasteiger partial charge in [-0.15, -0.1) is 0 Å². The van der Waals surface area contributed by atoms with Gasteiger partial charge in [-0.1, -0.05) is 18.2 Å². The zero-order valence-corrected chi connectivity index (χ0v) is 13.1. The van der Waals surface area contributed by atoms with Crippen LogP contribution >= 0.6 is 15.9 Å². The van der Waals surface area contributed by atoms with Gasteiger partial charge in [-0.25, -0.2) is 0 Å². The summed E-state index contributed by atoms with van der Waals surface area (Å²) in [6.45, 7) is 3.86. The van der Waals surface area contributed by atoms with Crippen LogP contribution in [0.2, 0.25) is 0 Å². The van der Waals surface area contributed by atoms with Crippen molar-refractivity contribution >= 4 is 33.2 Å². The number of hydrogen-bond acceptors (Lipinski definition) is 2. The molecule has 3 N–H and O–H groups in total. The molecule has 0 fully saturated rings. The smallest absolute Gasteiger partial charge is 0.231 e. The van der Waals surface area contributed by atoms with E-state index in [2.05, 4.69) is 21.2 Å². The Morgan fingerprint density at radius 3 is 2.70 bits per heavy atom. The number of benzene rings is 2. The largest absolute Gasteiger partial charge is 0.399 e. The Morgan fingerprint density at radius 2 is 2.00 bits per heavy atom. The summed E-state index contributed by atoms with van der Waals surface area (Å²) in [6, 6.07) is 13.3. The summed E-state index contributed by atoms with van der Waals surface area (Å²) >= 11 is 3.44. The Hall–Kier alpha value is -1.81. The van der Waals surface area contributed by atoms with Gasteiger partial charge in [-0.05, 0) is 65.2 Å². The molecule has 2 aromatic carbocycles. The Balaban J connectivity index is 2.17. The lowest BCUT2D eigenvalue weighted by Gasteiger charge is -2.14. The third-order valence-electron chi connectivity index (χ3n) is 3.18. The van der Waals surface area contributed by atoms with Crippen molar-refractivity contribution in [2.75, 3.05) is 11.1 Å². The summed E-state index contributed by atoms with van der Waals surface area (Å²) < 4.78 is 0.872. The summed E-state index contributed by atoms with van der Waals surface area (Å²) in [4.78, 5) is 12.3. The SMILES string of the molecule is Cc1ccc(Br)c(NC(=O)C(C)c2cccc(N)c2)c1. The van der Waals surface area contributed by atoms with Crippen LogP contribution in [0.5, 0.6) is 0 Å². The van der Waals surface area contributed by atoms with E-state index in [0.717, 1.165) is 21.3 Å². The molecule has 0 heterocycles. The van der Waals surface area contributed by atoms with Crippen molar-refractivity contribution in [3.8, 4) is 0 Å². The van der Waals surface area contributed by atoms with Gasteiger partial charge in [0.25, 0.3) is 0 Å². The molecule has 0 saturated carbocycles. The van der Waals surface area contributed by atoms with Crippen molar-refractivity contribution in [3.05, 3.63) is 58.1 Å². The standard InChI is InChI=1S/C16H17BrN2O/c1-10-6-7-14(17)15(8-10)19-16(20)11(2)12-4-3-5-13(18)9-12/h3-9,11H,18H2,1-2H3,(H,19,20). The fourth-order valence-electron chi connectivity index (χ4n) is 1.96. The summed E-state index contributed by atoms with van der Waals surface area (Å²) in [7, 11) is 0. The fourth-order valence-corrected chi connectivity index (χ4v) is 2.30. The van der Waals surface area contributed by atoms with Crippen LogP contribution in [0.4, 0.5) is 11.4 Å². The Morgan fingerprint density at radius 1 is 1.25 bits per heavy atom. The van der Waals surface area contributed by atoms with Crippen LogP contribution in [-0.4, -0.2) is 5.91 Å². The third-order valence-corrected chi connectivity index (χ3v) is 3.88. The van der Waals surface area contributed by atoms with E-state index in [-0.39, 0.29) is 11.8 Å². The molecule has 0 aliphatic rings. The zero-order chi connectivity index (χ0) is 14.7. The number of carbonyl (C=O) groups excluding carboxylic acids is 1. The molecule has 0 bridgehead atoms. The van der Waals surface area contributed by atoms with Crippen molar-refractivity contribution in [3.63, 3.8) is 0 Å². The number of nitrogens with two attached hydrogens (primary N) is 1. The monoisotopic (exact) mass is 332 g/mol. The number of rotatable bonds is 3. The second-order valence-corrected chi connectivity index (χ2v) is 5.72. The Bertz CT molecular complexity index is 640. The van der Waals surface area contributed by atoms with Gasteiger partial charge in [0, 0.05) is 10.2 Å².